The number of hydrogen-bond acceptors (Lipinski definition) is 2. The second-order valence-corrected chi connectivity index (χ2v) is 3.93. The molecule has 1 aromatic carbocycles. The highest BCUT2D eigenvalue weighted by Gasteiger charge is 2.31. The number of halogens is 3. The van der Waals surface area contributed by atoms with E-state index < -0.39 is 23.9 Å². The van der Waals surface area contributed by atoms with Crippen molar-refractivity contribution < 1.29 is 18.3 Å². The molecular weight excluding hydrogens is 219 g/mol. The second-order valence-electron chi connectivity index (χ2n) is 3.93. The monoisotopic (exact) mass is 233 g/mol. The number of aliphatic hydroxyl groups excluding tert-OH is 1. The van der Waals surface area contributed by atoms with Crippen molar-refractivity contribution in [2.75, 3.05) is 0 Å². The summed E-state index contributed by atoms with van der Waals surface area (Å²) < 4.78 is 37.5. The van der Waals surface area contributed by atoms with Crippen LogP contribution in [0.15, 0.2) is 18.2 Å². The van der Waals surface area contributed by atoms with Crippen LogP contribution in [0.3, 0.4) is 0 Å². The minimum absolute atomic E-state index is 0.197. The Bertz CT molecular complexity index is 374. The van der Waals surface area contributed by atoms with Gasteiger partial charge in [-0.2, -0.15) is 13.2 Å². The summed E-state index contributed by atoms with van der Waals surface area (Å²) in [6, 6.07) is 2.87. The maximum atomic E-state index is 12.5. The van der Waals surface area contributed by atoms with Gasteiger partial charge in [-0.1, -0.05) is 11.6 Å². The number of benzene rings is 1. The Morgan fingerprint density at radius 2 is 1.81 bits per heavy atom. The van der Waals surface area contributed by atoms with Crippen LogP contribution in [0.5, 0.6) is 0 Å². The molecule has 0 saturated carbocycles. The van der Waals surface area contributed by atoms with Crippen molar-refractivity contribution in [3.63, 3.8) is 0 Å². The van der Waals surface area contributed by atoms with Crippen molar-refractivity contribution >= 4 is 0 Å². The molecule has 0 saturated heterocycles. The molecule has 0 heterocycles. The van der Waals surface area contributed by atoms with Crippen molar-refractivity contribution in [3.8, 4) is 0 Å². The molecule has 5 heteroatoms. The fraction of sp³-hybridized carbons (Fsp3) is 0.455. The van der Waals surface area contributed by atoms with Crippen LogP contribution in [0.1, 0.15) is 29.7 Å². The van der Waals surface area contributed by atoms with E-state index in [4.69, 9.17) is 5.73 Å². The summed E-state index contributed by atoms with van der Waals surface area (Å²) in [7, 11) is 0. The minimum Gasteiger partial charge on any atom is -0.387 e. The molecule has 0 spiro atoms. The Kier molecular flexibility index (Phi) is 3.60. The van der Waals surface area contributed by atoms with Crippen LogP contribution in [0.25, 0.3) is 0 Å². The molecule has 2 unspecified atom stereocenters. The first-order valence-corrected chi connectivity index (χ1v) is 4.84. The molecule has 1 aromatic rings. The number of aryl methyl sites for hydroxylation is 1. The lowest BCUT2D eigenvalue weighted by molar-refractivity contribution is -0.137. The van der Waals surface area contributed by atoms with Gasteiger partial charge in [0.2, 0.25) is 0 Å². The van der Waals surface area contributed by atoms with Crippen LogP contribution in [0.4, 0.5) is 13.2 Å². The molecule has 0 aromatic heterocycles. The van der Waals surface area contributed by atoms with Crippen LogP contribution < -0.4 is 5.73 Å². The first kappa shape index (κ1) is 13.0. The minimum atomic E-state index is -4.40. The van der Waals surface area contributed by atoms with Gasteiger partial charge in [0.05, 0.1) is 11.7 Å². The predicted octanol–water partition coefficient (Wildman–Crippen LogP) is 2.39. The number of hydrogen-bond donors (Lipinski definition) is 2. The van der Waals surface area contributed by atoms with E-state index in [9.17, 15) is 18.3 Å². The van der Waals surface area contributed by atoms with E-state index in [1.54, 1.807) is 13.8 Å². The molecule has 3 N–H and O–H groups in total. The van der Waals surface area contributed by atoms with Gasteiger partial charge in [-0.3, -0.25) is 0 Å². The summed E-state index contributed by atoms with van der Waals surface area (Å²) in [5.74, 6) is 0. The Hall–Kier alpha value is -1.07. The first-order valence-electron chi connectivity index (χ1n) is 4.84. The normalized spacial score (nSPS) is 15.9. The van der Waals surface area contributed by atoms with Gasteiger partial charge in [0, 0.05) is 6.04 Å². The van der Waals surface area contributed by atoms with E-state index in [0.717, 1.165) is 12.1 Å². The van der Waals surface area contributed by atoms with Crippen LogP contribution in [-0.2, 0) is 6.18 Å². The molecule has 0 aliphatic heterocycles. The number of alkyl halides is 3. The first-order chi connectivity index (χ1) is 7.21. The average molecular weight is 233 g/mol. The zero-order valence-corrected chi connectivity index (χ0v) is 9.05. The van der Waals surface area contributed by atoms with Crippen molar-refractivity contribution in [1.29, 1.82) is 0 Å². The highest BCUT2D eigenvalue weighted by molar-refractivity contribution is 5.32. The third-order valence-electron chi connectivity index (χ3n) is 2.27. The second kappa shape index (κ2) is 4.43. The average Bonchev–Trinajstić information content (AvgIpc) is 2.14. The molecule has 16 heavy (non-hydrogen) atoms. The summed E-state index contributed by atoms with van der Waals surface area (Å²) in [5, 5.41) is 9.62. The van der Waals surface area contributed by atoms with E-state index in [0.29, 0.717) is 5.56 Å². The largest absolute Gasteiger partial charge is 0.416 e. The van der Waals surface area contributed by atoms with Gasteiger partial charge in [0.1, 0.15) is 0 Å². The van der Waals surface area contributed by atoms with Crippen molar-refractivity contribution in [2.45, 2.75) is 32.2 Å². The maximum absolute atomic E-state index is 12.5. The van der Waals surface area contributed by atoms with Gasteiger partial charge >= 0.3 is 6.18 Å². The molecule has 0 radical (unpaired) electrons. The third kappa shape index (κ3) is 2.96. The summed E-state index contributed by atoms with van der Waals surface area (Å²) >= 11 is 0. The Balaban J connectivity index is 3.18. The lowest BCUT2D eigenvalue weighted by Gasteiger charge is -2.17. The molecular formula is C11H14F3NO. The van der Waals surface area contributed by atoms with E-state index >= 15 is 0 Å². The zero-order chi connectivity index (χ0) is 12.5. The van der Waals surface area contributed by atoms with Crippen molar-refractivity contribution in [3.05, 3.63) is 34.9 Å². The molecule has 0 bridgehead atoms. The van der Waals surface area contributed by atoms with Crippen LogP contribution in [0, 0.1) is 6.92 Å². The van der Waals surface area contributed by atoms with Gasteiger partial charge in [0.25, 0.3) is 0 Å². The van der Waals surface area contributed by atoms with Crippen LogP contribution in [0.2, 0.25) is 0 Å². The third-order valence-corrected chi connectivity index (χ3v) is 2.27. The fourth-order valence-electron chi connectivity index (χ4n) is 1.45. The molecule has 1 rings (SSSR count). The molecule has 0 amide bonds. The van der Waals surface area contributed by atoms with E-state index in [1.807, 2.05) is 0 Å². The van der Waals surface area contributed by atoms with E-state index in [-0.39, 0.29) is 5.56 Å². The lowest BCUT2D eigenvalue weighted by Crippen LogP contribution is -2.24. The summed E-state index contributed by atoms with van der Waals surface area (Å²) in [5.41, 5.74) is 5.33. The molecule has 2 nitrogen and oxygen atoms in total. The Labute approximate surface area is 91.9 Å². The quantitative estimate of drug-likeness (QED) is 0.823. The van der Waals surface area contributed by atoms with Crippen molar-refractivity contribution in [1.82, 2.24) is 0 Å². The standard InChI is InChI=1S/C11H14F3NO/c1-6-3-8(10(16)7(2)15)5-9(4-6)11(12,13)14/h3-5,7,10,16H,15H2,1-2H3. The van der Waals surface area contributed by atoms with Crippen LogP contribution >= 0.6 is 0 Å². The molecule has 2 atom stereocenters. The predicted molar refractivity (Wildman–Crippen MR) is 54.8 cm³/mol. The molecule has 0 aliphatic rings. The Morgan fingerprint density at radius 3 is 2.25 bits per heavy atom. The van der Waals surface area contributed by atoms with E-state index in [1.165, 1.54) is 6.07 Å². The highest BCUT2D eigenvalue weighted by atomic mass is 19.4. The number of rotatable bonds is 2. The van der Waals surface area contributed by atoms with Gasteiger partial charge in [0.15, 0.2) is 0 Å². The summed E-state index contributed by atoms with van der Waals surface area (Å²) in [6.07, 6.45) is -5.49. The van der Waals surface area contributed by atoms with Gasteiger partial charge in [-0.05, 0) is 31.5 Å². The van der Waals surface area contributed by atoms with Gasteiger partial charge in [-0.25, -0.2) is 0 Å². The summed E-state index contributed by atoms with van der Waals surface area (Å²) in [6.45, 7) is 3.09. The Morgan fingerprint density at radius 1 is 1.25 bits per heavy atom. The van der Waals surface area contributed by atoms with Crippen molar-refractivity contribution in [2.24, 2.45) is 5.73 Å². The number of nitrogens with two attached hydrogens (primary N) is 1. The lowest BCUT2D eigenvalue weighted by atomic mass is 9.99. The topological polar surface area (TPSA) is 46.2 Å². The molecule has 90 valence electrons. The zero-order valence-electron chi connectivity index (χ0n) is 9.05. The highest BCUT2D eigenvalue weighted by Crippen LogP contribution is 2.32. The molecule has 0 fully saturated rings. The maximum Gasteiger partial charge on any atom is 0.416 e. The van der Waals surface area contributed by atoms with Gasteiger partial charge < -0.3 is 10.8 Å². The van der Waals surface area contributed by atoms with Crippen LogP contribution in [-0.4, -0.2) is 11.1 Å². The van der Waals surface area contributed by atoms with E-state index in [2.05, 4.69) is 0 Å². The smallest absolute Gasteiger partial charge is 0.387 e. The fourth-order valence-corrected chi connectivity index (χ4v) is 1.45. The molecule has 0 aliphatic carbocycles. The van der Waals surface area contributed by atoms with Gasteiger partial charge in [-0.15, -0.1) is 0 Å². The number of aliphatic hydroxyl groups is 1. The SMILES string of the molecule is Cc1cc(C(O)C(C)N)cc(C(F)(F)F)c1. The summed E-state index contributed by atoms with van der Waals surface area (Å²) in [4.78, 5) is 0.